The van der Waals surface area contributed by atoms with E-state index in [2.05, 4.69) is 25.9 Å². The number of aliphatic imine (C=N–C) groups is 1. The molecule has 9 heteroatoms. The summed E-state index contributed by atoms with van der Waals surface area (Å²) in [5, 5.41) is 9.13. The molecule has 0 unspecified atom stereocenters. The molecule has 30 heavy (non-hydrogen) atoms. The van der Waals surface area contributed by atoms with E-state index in [0.29, 0.717) is 24.7 Å². The molecule has 0 atom stereocenters. The predicted octanol–water partition coefficient (Wildman–Crippen LogP) is 2.98. The van der Waals surface area contributed by atoms with Crippen LogP contribution in [-0.4, -0.2) is 46.3 Å². The number of ether oxygens (including phenoxy) is 1. The molecule has 1 heterocycles. The number of hydrogen-bond donors (Lipinski definition) is 3. The Morgan fingerprint density at radius 1 is 1.23 bits per heavy atom. The van der Waals surface area contributed by atoms with Crippen LogP contribution in [0.4, 0.5) is 9.18 Å². The number of carbonyl (C=O) groups excluding carboxylic acids is 1. The SMILES string of the molecule is CN=C(NCc1ccc(-n2ccnc2)c(F)c1)NCC(C)(C)NC(=O)OC(C)(C)C. The molecule has 2 rings (SSSR count). The highest BCUT2D eigenvalue weighted by atomic mass is 19.1. The Morgan fingerprint density at radius 2 is 1.97 bits per heavy atom. The smallest absolute Gasteiger partial charge is 0.408 e. The lowest BCUT2D eigenvalue weighted by Crippen LogP contribution is -2.54. The molecule has 0 bridgehead atoms. The Balaban J connectivity index is 1.87. The van der Waals surface area contributed by atoms with Crippen LogP contribution in [0, 0.1) is 5.82 Å². The van der Waals surface area contributed by atoms with Crippen LogP contribution in [0.1, 0.15) is 40.2 Å². The third-order valence-electron chi connectivity index (χ3n) is 4.02. The lowest BCUT2D eigenvalue weighted by atomic mass is 10.1. The van der Waals surface area contributed by atoms with Crippen molar-refractivity contribution in [2.75, 3.05) is 13.6 Å². The molecule has 0 spiro atoms. The predicted molar refractivity (Wildman–Crippen MR) is 115 cm³/mol. The molecular weight excluding hydrogens is 387 g/mol. The van der Waals surface area contributed by atoms with E-state index in [4.69, 9.17) is 4.74 Å². The molecule has 0 saturated heterocycles. The second-order valence-electron chi connectivity index (χ2n) is 8.55. The van der Waals surface area contributed by atoms with Crippen LogP contribution < -0.4 is 16.0 Å². The molecule has 0 fully saturated rings. The Kier molecular flexibility index (Phi) is 7.42. The zero-order chi connectivity index (χ0) is 22.4. The number of imidazole rings is 1. The van der Waals surface area contributed by atoms with E-state index in [1.165, 1.54) is 6.07 Å². The number of hydrogen-bond acceptors (Lipinski definition) is 4. The van der Waals surface area contributed by atoms with Gasteiger partial charge in [-0.25, -0.2) is 14.2 Å². The summed E-state index contributed by atoms with van der Waals surface area (Å²) in [4.78, 5) is 20.1. The van der Waals surface area contributed by atoms with Crippen LogP contribution in [-0.2, 0) is 11.3 Å². The third kappa shape index (κ3) is 7.38. The molecule has 0 aliphatic carbocycles. The van der Waals surface area contributed by atoms with Crippen LogP contribution >= 0.6 is 0 Å². The van der Waals surface area contributed by atoms with Crippen molar-refractivity contribution >= 4 is 12.1 Å². The van der Waals surface area contributed by atoms with Crippen LogP contribution in [0.2, 0.25) is 0 Å². The van der Waals surface area contributed by atoms with Gasteiger partial charge in [0, 0.05) is 32.5 Å². The summed E-state index contributed by atoms with van der Waals surface area (Å²) in [6, 6.07) is 5.02. The average Bonchev–Trinajstić information content (AvgIpc) is 3.14. The fourth-order valence-electron chi connectivity index (χ4n) is 2.61. The first kappa shape index (κ1) is 23.2. The topological polar surface area (TPSA) is 92.6 Å². The van der Waals surface area contributed by atoms with Gasteiger partial charge in [-0.05, 0) is 52.3 Å². The number of alkyl carbamates (subject to hydrolysis) is 1. The molecule has 1 aromatic heterocycles. The standard InChI is InChI=1S/C21H31FN6O2/c1-20(2,3)30-19(29)27-21(4,5)13-26-18(23-6)25-12-15-7-8-17(16(22)11-15)28-10-9-24-14-28/h7-11,14H,12-13H2,1-6H3,(H,27,29)(H2,23,25,26). The van der Waals surface area contributed by atoms with Crippen molar-refractivity contribution < 1.29 is 13.9 Å². The number of amides is 1. The van der Waals surface area contributed by atoms with Gasteiger partial charge in [-0.3, -0.25) is 4.99 Å². The fraction of sp³-hybridized carbons (Fsp3) is 0.476. The molecule has 0 saturated carbocycles. The van der Waals surface area contributed by atoms with Gasteiger partial charge in [0.2, 0.25) is 0 Å². The van der Waals surface area contributed by atoms with E-state index in [-0.39, 0.29) is 5.82 Å². The molecule has 2 aromatic rings. The van der Waals surface area contributed by atoms with Gasteiger partial charge in [0.1, 0.15) is 11.4 Å². The first-order valence-electron chi connectivity index (χ1n) is 9.71. The van der Waals surface area contributed by atoms with E-state index >= 15 is 0 Å². The van der Waals surface area contributed by atoms with Crippen molar-refractivity contribution in [3.05, 3.63) is 48.3 Å². The summed E-state index contributed by atoms with van der Waals surface area (Å²) >= 11 is 0. The summed E-state index contributed by atoms with van der Waals surface area (Å²) in [5.41, 5.74) is 0.0750. The Morgan fingerprint density at radius 3 is 2.53 bits per heavy atom. The average molecular weight is 419 g/mol. The van der Waals surface area contributed by atoms with E-state index in [1.54, 1.807) is 36.4 Å². The van der Waals surface area contributed by atoms with Crippen LogP contribution in [0.25, 0.3) is 5.69 Å². The Hall–Kier alpha value is -3.10. The van der Waals surface area contributed by atoms with Gasteiger partial charge in [0.05, 0.1) is 17.6 Å². The minimum absolute atomic E-state index is 0.335. The van der Waals surface area contributed by atoms with Gasteiger partial charge in [0.25, 0.3) is 0 Å². The second-order valence-corrected chi connectivity index (χ2v) is 8.55. The highest BCUT2D eigenvalue weighted by Crippen LogP contribution is 2.15. The summed E-state index contributed by atoms with van der Waals surface area (Å²) in [5.74, 6) is 0.200. The van der Waals surface area contributed by atoms with Crippen molar-refractivity contribution in [2.24, 2.45) is 4.99 Å². The zero-order valence-corrected chi connectivity index (χ0v) is 18.4. The van der Waals surface area contributed by atoms with Crippen molar-refractivity contribution in [1.82, 2.24) is 25.5 Å². The van der Waals surface area contributed by atoms with Crippen molar-refractivity contribution in [3.8, 4) is 5.69 Å². The van der Waals surface area contributed by atoms with E-state index in [9.17, 15) is 9.18 Å². The van der Waals surface area contributed by atoms with E-state index in [0.717, 1.165) is 5.56 Å². The maximum atomic E-state index is 14.4. The molecule has 0 radical (unpaired) electrons. The molecule has 3 N–H and O–H groups in total. The molecule has 1 amide bonds. The van der Waals surface area contributed by atoms with Gasteiger partial charge in [0.15, 0.2) is 5.96 Å². The van der Waals surface area contributed by atoms with Gasteiger partial charge in [-0.15, -0.1) is 0 Å². The second kappa shape index (κ2) is 9.60. The number of rotatable bonds is 6. The summed E-state index contributed by atoms with van der Waals surface area (Å²) in [7, 11) is 1.65. The van der Waals surface area contributed by atoms with Crippen LogP contribution in [0.15, 0.2) is 41.9 Å². The number of aromatic nitrogens is 2. The van der Waals surface area contributed by atoms with E-state index < -0.39 is 17.2 Å². The van der Waals surface area contributed by atoms with Crippen molar-refractivity contribution in [2.45, 2.75) is 52.3 Å². The summed E-state index contributed by atoms with van der Waals surface area (Å²) in [6.07, 6.45) is 4.36. The maximum absolute atomic E-state index is 14.4. The molecule has 8 nitrogen and oxygen atoms in total. The molecule has 1 aromatic carbocycles. The van der Waals surface area contributed by atoms with E-state index in [1.807, 2.05) is 40.7 Å². The number of carbonyl (C=O) groups is 1. The zero-order valence-electron chi connectivity index (χ0n) is 18.4. The molecule has 164 valence electrons. The summed E-state index contributed by atoms with van der Waals surface area (Å²) < 4.78 is 21.3. The lowest BCUT2D eigenvalue weighted by molar-refractivity contribution is 0.0474. The minimum Gasteiger partial charge on any atom is -0.444 e. The highest BCUT2D eigenvalue weighted by Gasteiger charge is 2.24. The lowest BCUT2D eigenvalue weighted by Gasteiger charge is -2.29. The monoisotopic (exact) mass is 418 g/mol. The number of nitrogens with zero attached hydrogens (tertiary/aromatic N) is 3. The quantitative estimate of drug-likeness (QED) is 0.495. The van der Waals surface area contributed by atoms with Crippen molar-refractivity contribution in [3.63, 3.8) is 0 Å². The van der Waals surface area contributed by atoms with Crippen molar-refractivity contribution in [1.29, 1.82) is 0 Å². The first-order chi connectivity index (χ1) is 14.0. The van der Waals surface area contributed by atoms with Crippen LogP contribution in [0.5, 0.6) is 0 Å². The fourth-order valence-corrected chi connectivity index (χ4v) is 2.61. The minimum atomic E-state index is -0.571. The largest absolute Gasteiger partial charge is 0.444 e. The Labute approximate surface area is 176 Å². The third-order valence-corrected chi connectivity index (χ3v) is 4.02. The number of nitrogens with one attached hydrogen (secondary N) is 3. The summed E-state index contributed by atoms with van der Waals surface area (Å²) in [6.45, 7) is 10.0. The van der Waals surface area contributed by atoms with Gasteiger partial charge >= 0.3 is 6.09 Å². The van der Waals surface area contributed by atoms with Gasteiger partial charge < -0.3 is 25.3 Å². The number of halogens is 1. The molecule has 0 aliphatic heterocycles. The normalized spacial score (nSPS) is 12.4. The van der Waals surface area contributed by atoms with Gasteiger partial charge in [-0.1, -0.05) is 6.07 Å². The number of guanidine groups is 1. The first-order valence-corrected chi connectivity index (χ1v) is 9.71. The Bertz CT molecular complexity index is 872. The van der Waals surface area contributed by atoms with Gasteiger partial charge in [-0.2, -0.15) is 0 Å². The molecule has 0 aliphatic rings. The number of benzene rings is 1. The van der Waals surface area contributed by atoms with Crippen LogP contribution in [0.3, 0.4) is 0 Å². The maximum Gasteiger partial charge on any atom is 0.408 e. The highest BCUT2D eigenvalue weighted by molar-refractivity contribution is 5.79. The molecular formula is C21H31FN6O2.